The van der Waals surface area contributed by atoms with Gasteiger partial charge in [0.1, 0.15) is 18.6 Å². The summed E-state index contributed by atoms with van der Waals surface area (Å²) >= 11 is 1.42. The molecule has 0 unspecified atom stereocenters. The molecular weight excluding hydrogens is 528 g/mol. The summed E-state index contributed by atoms with van der Waals surface area (Å²) in [6, 6.07) is -1.21. The molecule has 5 N–H and O–H groups in total. The molecule has 0 aromatic carbocycles. The molecule has 15 heteroatoms. The number of ketones is 1. The number of hydrogen-bond acceptors (Lipinski definition) is 11. The van der Waals surface area contributed by atoms with Crippen LogP contribution in [0.3, 0.4) is 0 Å². The van der Waals surface area contributed by atoms with Crippen LogP contribution in [0.1, 0.15) is 33.1 Å². The van der Waals surface area contributed by atoms with Crippen molar-refractivity contribution in [3.8, 4) is 0 Å². The number of carbonyl (C=O) groups excluding carboxylic acids is 3. The molecule has 5 rings (SSSR count). The summed E-state index contributed by atoms with van der Waals surface area (Å²) in [4.78, 5) is 54.8. The molecule has 8 atom stereocenters. The molecule has 3 fully saturated rings. The van der Waals surface area contributed by atoms with Crippen molar-refractivity contribution < 1.29 is 29.4 Å². The number of carbonyl (C=O) groups is 4. The lowest BCUT2D eigenvalue weighted by Crippen LogP contribution is -2.62. The highest BCUT2D eigenvalue weighted by Gasteiger charge is 2.60. The van der Waals surface area contributed by atoms with E-state index < -0.39 is 17.9 Å². The molecule has 3 saturated heterocycles. The van der Waals surface area contributed by atoms with E-state index in [1.165, 1.54) is 27.7 Å². The Hall–Kier alpha value is -2.88. The van der Waals surface area contributed by atoms with Crippen molar-refractivity contribution in [3.05, 3.63) is 16.9 Å². The molecule has 0 aliphatic carbocycles. The minimum absolute atomic E-state index is 0.00611. The van der Waals surface area contributed by atoms with Crippen LogP contribution in [0.5, 0.6) is 0 Å². The smallest absolute Gasteiger partial charge is 0.353 e. The molecule has 5 heterocycles. The van der Waals surface area contributed by atoms with E-state index in [1.807, 2.05) is 13.8 Å². The fraction of sp³-hybridized carbons (Fsp3) is 0.708. The second-order valence-corrected chi connectivity index (χ2v) is 12.4. The number of β-lactam (4-membered cyclic amide) rings is 1. The Kier molecular flexibility index (Phi) is 7.77. The highest BCUT2D eigenvalue weighted by molar-refractivity contribution is 8.03. The summed E-state index contributed by atoms with van der Waals surface area (Å²) in [6.07, 6.45) is 2.57. The van der Waals surface area contributed by atoms with Gasteiger partial charge < -0.3 is 31.1 Å². The normalized spacial score (nSPS) is 32.9. The van der Waals surface area contributed by atoms with E-state index in [1.54, 1.807) is 4.90 Å². The minimum Gasteiger partial charge on any atom is -0.477 e. The summed E-state index contributed by atoms with van der Waals surface area (Å²) in [5, 5.41) is 33.6. The number of aliphatic hydroxyl groups excluding tert-OH is 1. The summed E-state index contributed by atoms with van der Waals surface area (Å²) in [6.45, 7) is 4.56. The second kappa shape index (κ2) is 10.9. The number of fused-ring (bicyclic) bond motifs is 1. The van der Waals surface area contributed by atoms with Crippen molar-refractivity contribution >= 4 is 35.3 Å². The Morgan fingerprint density at radius 2 is 2.08 bits per heavy atom. The number of nitrogens with two attached hydrogens (primary N) is 1. The number of tetrazole rings is 1. The molecule has 0 spiro atoms. The Morgan fingerprint density at radius 3 is 2.74 bits per heavy atom. The number of nitrogens with zero attached hydrogens (tertiary/aromatic N) is 6. The van der Waals surface area contributed by atoms with Crippen molar-refractivity contribution in [2.24, 2.45) is 23.5 Å². The number of thioether (sulfide) groups is 1. The van der Waals surface area contributed by atoms with Crippen LogP contribution in [-0.4, -0.2) is 113 Å². The van der Waals surface area contributed by atoms with Gasteiger partial charge in [-0.1, -0.05) is 13.8 Å². The lowest BCUT2D eigenvalue weighted by molar-refractivity contribution is -0.160. The van der Waals surface area contributed by atoms with E-state index in [0.717, 1.165) is 0 Å². The van der Waals surface area contributed by atoms with E-state index in [0.29, 0.717) is 30.8 Å². The van der Waals surface area contributed by atoms with Gasteiger partial charge in [0, 0.05) is 41.6 Å². The van der Waals surface area contributed by atoms with Gasteiger partial charge in [0.05, 0.1) is 30.7 Å². The van der Waals surface area contributed by atoms with E-state index in [2.05, 4.69) is 20.8 Å². The monoisotopic (exact) mass is 562 g/mol. The Bertz CT molecular complexity index is 1180. The minimum atomic E-state index is -1.16. The first-order valence-electron chi connectivity index (χ1n) is 13.2. The highest BCUT2D eigenvalue weighted by Crippen LogP contribution is 2.53. The van der Waals surface area contributed by atoms with Gasteiger partial charge in [-0.05, 0) is 29.2 Å². The van der Waals surface area contributed by atoms with Crippen LogP contribution >= 0.6 is 11.8 Å². The zero-order valence-electron chi connectivity index (χ0n) is 21.8. The number of carboxylic acid groups (broad SMARTS) is 1. The number of likely N-dealkylation sites (tertiary alicyclic amines) is 1. The zero-order chi connectivity index (χ0) is 28.0. The first kappa shape index (κ1) is 27.7. The number of Topliss-reactive ketones (excluding diaryl/α,β-unsaturated/α-hetero) is 1. The lowest BCUT2D eigenvalue weighted by Gasteiger charge is -2.47. The van der Waals surface area contributed by atoms with E-state index in [4.69, 9.17) is 5.73 Å². The molecule has 0 bridgehead atoms. The maximum atomic E-state index is 13.2. The SMILES string of the molecule is C[C@@H](CC(=O)Cn1cnnn1)[C@H]1C(=O)N2C(C(=O)O)=C(S[C@@H]3CN[C@H](C(=O)N4C[C@H](N)C[C@H]4CO)C3)[C@H](C)[C@H]12. The van der Waals surface area contributed by atoms with Gasteiger partial charge in [-0.15, -0.1) is 16.9 Å². The quantitative estimate of drug-likeness (QED) is 0.239. The third-order valence-corrected chi connectivity index (χ3v) is 9.82. The van der Waals surface area contributed by atoms with Crippen LogP contribution in [0.2, 0.25) is 0 Å². The Morgan fingerprint density at radius 1 is 1.31 bits per heavy atom. The topological polar surface area (TPSA) is 197 Å². The number of hydrogen-bond donors (Lipinski definition) is 4. The zero-order valence-corrected chi connectivity index (χ0v) is 22.7. The third-order valence-electron chi connectivity index (χ3n) is 8.31. The lowest BCUT2D eigenvalue weighted by atomic mass is 9.73. The van der Waals surface area contributed by atoms with Crippen LogP contribution in [0, 0.1) is 17.8 Å². The van der Waals surface area contributed by atoms with Crippen LogP contribution in [0.15, 0.2) is 16.9 Å². The summed E-state index contributed by atoms with van der Waals surface area (Å²) in [5.41, 5.74) is 6.01. The van der Waals surface area contributed by atoms with Gasteiger partial charge in [-0.3, -0.25) is 14.4 Å². The molecule has 4 aliphatic rings. The van der Waals surface area contributed by atoms with Crippen molar-refractivity contribution in [2.75, 3.05) is 19.7 Å². The maximum absolute atomic E-state index is 13.2. The van der Waals surface area contributed by atoms with Crippen LogP contribution in [-0.2, 0) is 25.7 Å². The number of aliphatic hydroxyl groups is 1. The molecule has 212 valence electrons. The molecule has 4 aliphatic heterocycles. The van der Waals surface area contributed by atoms with E-state index >= 15 is 0 Å². The number of carboxylic acids is 1. The molecule has 0 radical (unpaired) electrons. The molecule has 14 nitrogen and oxygen atoms in total. The number of rotatable bonds is 10. The molecule has 1 aromatic heterocycles. The van der Waals surface area contributed by atoms with Crippen LogP contribution in [0.4, 0.5) is 0 Å². The predicted octanol–water partition coefficient (Wildman–Crippen LogP) is -1.57. The van der Waals surface area contributed by atoms with Crippen LogP contribution in [0.25, 0.3) is 0 Å². The van der Waals surface area contributed by atoms with Crippen molar-refractivity contribution in [1.82, 2.24) is 35.3 Å². The van der Waals surface area contributed by atoms with Gasteiger partial charge >= 0.3 is 5.97 Å². The highest BCUT2D eigenvalue weighted by atomic mass is 32.2. The molecule has 0 saturated carbocycles. The second-order valence-electron chi connectivity index (χ2n) is 11.0. The summed E-state index contributed by atoms with van der Waals surface area (Å²) < 4.78 is 1.33. The Balaban J connectivity index is 1.23. The van der Waals surface area contributed by atoms with Gasteiger partial charge in [0.25, 0.3) is 0 Å². The van der Waals surface area contributed by atoms with E-state index in [-0.39, 0.29) is 78.1 Å². The first-order valence-corrected chi connectivity index (χ1v) is 14.1. The number of nitrogens with one attached hydrogen (secondary N) is 1. The van der Waals surface area contributed by atoms with Gasteiger partial charge in [0.15, 0.2) is 5.78 Å². The van der Waals surface area contributed by atoms with Gasteiger partial charge in [-0.2, -0.15) is 0 Å². The number of aliphatic carboxylic acids is 1. The number of amides is 2. The van der Waals surface area contributed by atoms with Gasteiger partial charge in [0.2, 0.25) is 11.8 Å². The molecule has 2 amide bonds. The predicted molar refractivity (Wildman–Crippen MR) is 138 cm³/mol. The van der Waals surface area contributed by atoms with Crippen LogP contribution < -0.4 is 11.1 Å². The van der Waals surface area contributed by atoms with Crippen molar-refractivity contribution in [1.29, 1.82) is 0 Å². The Labute approximate surface area is 229 Å². The van der Waals surface area contributed by atoms with Gasteiger partial charge in [-0.25, -0.2) is 9.48 Å². The summed E-state index contributed by atoms with van der Waals surface area (Å²) in [7, 11) is 0. The average Bonchev–Trinajstić information content (AvgIpc) is 3.67. The number of aromatic nitrogens is 4. The largest absolute Gasteiger partial charge is 0.477 e. The molecule has 1 aromatic rings. The standard InChI is InChI=1S/C24H34N8O6S/c1-11(3-15(34)8-30-10-27-28-29-30)18-19-12(2)21(20(24(37)38)32(19)23(18)36)39-16-5-17(26-6-16)22(35)31-7-13(25)4-14(31)9-33/h10-14,16-19,26,33H,3-9,25H2,1-2H3,(H,37,38)/t11-,12+,13+,14-,16-,17-,18+,19+/m0/s1. The first-order chi connectivity index (χ1) is 18.6. The fourth-order valence-electron chi connectivity index (χ4n) is 6.51. The molecular formula is C24H34N8O6S. The maximum Gasteiger partial charge on any atom is 0.353 e. The van der Waals surface area contributed by atoms with Crippen molar-refractivity contribution in [3.63, 3.8) is 0 Å². The summed E-state index contributed by atoms with van der Waals surface area (Å²) in [5.74, 6) is -2.59. The van der Waals surface area contributed by atoms with E-state index in [9.17, 15) is 29.4 Å². The third kappa shape index (κ3) is 5.08. The molecule has 39 heavy (non-hydrogen) atoms. The average molecular weight is 563 g/mol. The van der Waals surface area contributed by atoms with Crippen molar-refractivity contribution in [2.45, 2.75) is 69.1 Å². The fourth-order valence-corrected chi connectivity index (χ4v) is 7.99.